The third-order valence-corrected chi connectivity index (χ3v) is 2.94. The molecule has 1 rings (SSSR count). The van der Waals surface area contributed by atoms with Crippen molar-refractivity contribution in [2.75, 3.05) is 25.5 Å². The third kappa shape index (κ3) is 3.64. The van der Waals surface area contributed by atoms with E-state index in [4.69, 9.17) is 5.73 Å². The molecule has 3 N–H and O–H groups in total. The van der Waals surface area contributed by atoms with E-state index in [2.05, 4.69) is 5.32 Å². The van der Waals surface area contributed by atoms with Crippen molar-refractivity contribution in [2.45, 2.75) is 13.5 Å². The SMILES string of the molecule is CNC(=O)C(C)CN(C)c1c(F)cc(CN)cc1F. The molecule has 0 aliphatic carbocycles. The smallest absolute Gasteiger partial charge is 0.224 e. The number of hydrogen-bond donors (Lipinski definition) is 2. The number of halogens is 2. The number of anilines is 1. The Hall–Kier alpha value is -1.69. The van der Waals surface area contributed by atoms with Crippen molar-refractivity contribution in [2.24, 2.45) is 11.7 Å². The lowest BCUT2D eigenvalue weighted by Crippen LogP contribution is -2.35. The summed E-state index contributed by atoms with van der Waals surface area (Å²) in [5.41, 5.74) is 5.60. The van der Waals surface area contributed by atoms with Crippen molar-refractivity contribution in [3.63, 3.8) is 0 Å². The lowest BCUT2D eigenvalue weighted by atomic mass is 10.1. The Morgan fingerprint density at radius 3 is 2.37 bits per heavy atom. The standard InChI is InChI=1S/C13H19F2N3O/c1-8(13(19)17-2)7-18(3)12-10(14)4-9(6-16)5-11(12)15/h4-5,8H,6-7,16H2,1-3H3,(H,17,19). The first kappa shape index (κ1) is 15.4. The van der Waals surface area contributed by atoms with Crippen LogP contribution in [0.25, 0.3) is 0 Å². The molecular formula is C13H19F2N3O. The van der Waals surface area contributed by atoms with E-state index in [1.54, 1.807) is 14.0 Å². The van der Waals surface area contributed by atoms with Gasteiger partial charge in [-0.25, -0.2) is 8.78 Å². The van der Waals surface area contributed by atoms with Crippen molar-refractivity contribution in [3.05, 3.63) is 29.3 Å². The second-order valence-electron chi connectivity index (χ2n) is 4.51. The van der Waals surface area contributed by atoms with Crippen molar-refractivity contribution in [3.8, 4) is 0 Å². The zero-order valence-electron chi connectivity index (χ0n) is 11.3. The van der Waals surface area contributed by atoms with E-state index in [0.29, 0.717) is 5.56 Å². The minimum absolute atomic E-state index is 0.0759. The molecule has 0 aliphatic rings. The number of nitrogens with one attached hydrogen (secondary N) is 1. The van der Waals surface area contributed by atoms with Gasteiger partial charge in [0, 0.05) is 27.2 Å². The largest absolute Gasteiger partial charge is 0.369 e. The molecule has 1 unspecified atom stereocenters. The Bertz CT molecular complexity index is 442. The van der Waals surface area contributed by atoms with Gasteiger partial charge < -0.3 is 16.0 Å². The van der Waals surface area contributed by atoms with Gasteiger partial charge in [-0.3, -0.25) is 4.79 Å². The second kappa shape index (κ2) is 6.47. The first-order valence-electron chi connectivity index (χ1n) is 6.01. The monoisotopic (exact) mass is 271 g/mol. The third-order valence-electron chi connectivity index (χ3n) is 2.94. The van der Waals surface area contributed by atoms with E-state index in [1.807, 2.05) is 0 Å². The van der Waals surface area contributed by atoms with Crippen LogP contribution in [0.4, 0.5) is 14.5 Å². The van der Waals surface area contributed by atoms with Crippen molar-refractivity contribution < 1.29 is 13.6 Å². The molecule has 0 spiro atoms. The average molecular weight is 271 g/mol. The molecule has 0 aliphatic heterocycles. The Morgan fingerprint density at radius 2 is 1.95 bits per heavy atom. The first-order valence-corrected chi connectivity index (χ1v) is 6.01. The fourth-order valence-electron chi connectivity index (χ4n) is 1.93. The van der Waals surface area contributed by atoms with Crippen LogP contribution in [0.1, 0.15) is 12.5 Å². The maximum absolute atomic E-state index is 13.8. The normalized spacial score (nSPS) is 12.1. The van der Waals surface area contributed by atoms with Gasteiger partial charge in [-0.2, -0.15) is 0 Å². The summed E-state index contributed by atoms with van der Waals surface area (Å²) >= 11 is 0. The summed E-state index contributed by atoms with van der Waals surface area (Å²) < 4.78 is 27.7. The van der Waals surface area contributed by atoms with Gasteiger partial charge in [0.05, 0.1) is 5.92 Å². The Kier molecular flexibility index (Phi) is 5.23. The van der Waals surface area contributed by atoms with Gasteiger partial charge in [0.25, 0.3) is 0 Å². The summed E-state index contributed by atoms with van der Waals surface area (Å²) in [5.74, 6) is -1.90. The Morgan fingerprint density at radius 1 is 1.42 bits per heavy atom. The van der Waals surface area contributed by atoms with E-state index < -0.39 is 11.6 Å². The highest BCUT2D eigenvalue weighted by Crippen LogP contribution is 2.24. The molecule has 0 bridgehead atoms. The van der Waals surface area contributed by atoms with Crippen LogP contribution in [0, 0.1) is 17.6 Å². The summed E-state index contributed by atoms with van der Waals surface area (Å²) in [4.78, 5) is 12.8. The number of amides is 1. The topological polar surface area (TPSA) is 58.4 Å². The molecular weight excluding hydrogens is 252 g/mol. The average Bonchev–Trinajstić information content (AvgIpc) is 2.36. The highest BCUT2D eigenvalue weighted by atomic mass is 19.1. The van der Waals surface area contributed by atoms with Crippen LogP contribution in [0.15, 0.2) is 12.1 Å². The summed E-state index contributed by atoms with van der Waals surface area (Å²) in [7, 11) is 3.07. The minimum atomic E-state index is -0.674. The molecule has 0 heterocycles. The summed E-state index contributed by atoms with van der Waals surface area (Å²) in [6.07, 6.45) is 0. The van der Waals surface area contributed by atoms with Crippen LogP contribution < -0.4 is 16.0 Å². The van der Waals surface area contributed by atoms with Crippen molar-refractivity contribution in [1.29, 1.82) is 0 Å². The predicted molar refractivity (Wildman–Crippen MR) is 70.8 cm³/mol. The van der Waals surface area contributed by atoms with Gasteiger partial charge >= 0.3 is 0 Å². The molecule has 0 aromatic heterocycles. The van der Waals surface area contributed by atoms with Gasteiger partial charge in [-0.15, -0.1) is 0 Å². The van der Waals surface area contributed by atoms with Crippen LogP contribution >= 0.6 is 0 Å². The van der Waals surface area contributed by atoms with Gasteiger partial charge in [0.1, 0.15) is 17.3 Å². The lowest BCUT2D eigenvalue weighted by molar-refractivity contribution is -0.123. The quantitative estimate of drug-likeness (QED) is 0.847. The lowest BCUT2D eigenvalue weighted by Gasteiger charge is -2.24. The number of carbonyl (C=O) groups is 1. The molecule has 19 heavy (non-hydrogen) atoms. The fraction of sp³-hybridized carbons (Fsp3) is 0.462. The zero-order valence-corrected chi connectivity index (χ0v) is 11.3. The maximum Gasteiger partial charge on any atom is 0.224 e. The summed E-state index contributed by atoms with van der Waals surface area (Å²) in [6, 6.07) is 2.42. The van der Waals surface area contributed by atoms with E-state index in [0.717, 1.165) is 0 Å². The molecule has 0 saturated carbocycles. The molecule has 4 nitrogen and oxygen atoms in total. The zero-order chi connectivity index (χ0) is 14.6. The van der Waals surface area contributed by atoms with E-state index in [9.17, 15) is 13.6 Å². The molecule has 0 fully saturated rings. The second-order valence-corrected chi connectivity index (χ2v) is 4.51. The van der Waals surface area contributed by atoms with Crippen LogP contribution in [-0.4, -0.2) is 26.5 Å². The van der Waals surface area contributed by atoms with Crippen LogP contribution in [0.2, 0.25) is 0 Å². The highest BCUT2D eigenvalue weighted by Gasteiger charge is 2.19. The van der Waals surface area contributed by atoms with E-state index in [-0.39, 0.29) is 30.6 Å². The molecule has 0 saturated heterocycles. The number of rotatable bonds is 5. The minimum Gasteiger partial charge on any atom is -0.369 e. The van der Waals surface area contributed by atoms with Crippen molar-refractivity contribution >= 4 is 11.6 Å². The molecule has 106 valence electrons. The van der Waals surface area contributed by atoms with Crippen LogP contribution in [0.3, 0.4) is 0 Å². The number of nitrogens with two attached hydrogens (primary N) is 1. The van der Waals surface area contributed by atoms with Gasteiger partial charge in [-0.05, 0) is 17.7 Å². The summed E-state index contributed by atoms with van der Waals surface area (Å²) in [5, 5.41) is 2.50. The molecule has 1 amide bonds. The summed E-state index contributed by atoms with van der Waals surface area (Å²) in [6.45, 7) is 1.99. The van der Waals surface area contributed by atoms with E-state index in [1.165, 1.54) is 24.1 Å². The van der Waals surface area contributed by atoms with Crippen molar-refractivity contribution in [1.82, 2.24) is 5.32 Å². The predicted octanol–water partition coefficient (Wildman–Crippen LogP) is 1.24. The van der Waals surface area contributed by atoms with Gasteiger partial charge in [0.2, 0.25) is 5.91 Å². The Labute approximate surface area is 111 Å². The van der Waals surface area contributed by atoms with Crippen LogP contribution in [-0.2, 0) is 11.3 Å². The molecule has 6 heteroatoms. The van der Waals surface area contributed by atoms with Gasteiger partial charge in [0.15, 0.2) is 0 Å². The Balaban J connectivity index is 2.94. The number of hydrogen-bond acceptors (Lipinski definition) is 3. The first-order chi connectivity index (χ1) is 8.90. The number of carbonyl (C=O) groups excluding carboxylic acids is 1. The molecule has 1 aromatic rings. The van der Waals surface area contributed by atoms with Crippen LogP contribution in [0.5, 0.6) is 0 Å². The molecule has 1 atom stereocenters. The molecule has 0 radical (unpaired) electrons. The maximum atomic E-state index is 13.8. The highest BCUT2D eigenvalue weighted by molar-refractivity contribution is 5.78. The fourth-order valence-corrected chi connectivity index (χ4v) is 1.93. The molecule has 1 aromatic carbocycles. The number of nitrogens with zero attached hydrogens (tertiary/aromatic N) is 1. The number of benzene rings is 1. The van der Waals surface area contributed by atoms with Gasteiger partial charge in [-0.1, -0.05) is 6.92 Å². The van der Waals surface area contributed by atoms with E-state index >= 15 is 0 Å².